The van der Waals surface area contributed by atoms with E-state index in [-0.39, 0.29) is 0 Å². The third-order valence-corrected chi connectivity index (χ3v) is 5.44. The summed E-state index contributed by atoms with van der Waals surface area (Å²) in [6.45, 7) is 9.30. The van der Waals surface area contributed by atoms with Crippen molar-refractivity contribution in [2.75, 3.05) is 0 Å². The van der Waals surface area contributed by atoms with Crippen molar-refractivity contribution in [2.45, 2.75) is 34.1 Å². The quantitative estimate of drug-likeness (QED) is 0.641. The minimum absolute atomic E-state index is 0.551. The Kier molecular flexibility index (Phi) is 4.00. The number of hydrogen-bond donors (Lipinski definition) is 0. The van der Waals surface area contributed by atoms with Gasteiger partial charge in [-0.05, 0) is 61.9 Å². The van der Waals surface area contributed by atoms with Crippen molar-refractivity contribution >= 4 is 17.2 Å². The molecule has 0 saturated heterocycles. The normalized spacial score (nSPS) is 14.6. The molecule has 0 aliphatic heterocycles. The topological polar surface area (TPSA) is 0 Å². The highest BCUT2D eigenvalue weighted by Crippen LogP contribution is 2.29. The molecular formula is C25H26. The molecule has 0 aromatic heterocycles. The molecule has 0 fully saturated rings. The van der Waals surface area contributed by atoms with E-state index in [9.17, 15) is 0 Å². The molecule has 25 heavy (non-hydrogen) atoms. The van der Waals surface area contributed by atoms with Gasteiger partial charge in [-0.2, -0.15) is 0 Å². The van der Waals surface area contributed by atoms with Gasteiger partial charge in [0, 0.05) is 0 Å². The highest BCUT2D eigenvalue weighted by Gasteiger charge is 2.18. The third kappa shape index (κ3) is 2.61. The highest BCUT2D eigenvalue weighted by atomic mass is 14.2. The Labute approximate surface area is 150 Å². The fraction of sp³-hybridized carbons (Fsp3) is 0.280. The summed E-state index contributed by atoms with van der Waals surface area (Å²) in [4.78, 5) is 0. The summed E-state index contributed by atoms with van der Waals surface area (Å²) in [5.74, 6) is 1.10. The van der Waals surface area contributed by atoms with E-state index >= 15 is 0 Å². The van der Waals surface area contributed by atoms with Crippen molar-refractivity contribution in [3.8, 4) is 0 Å². The van der Waals surface area contributed by atoms with Crippen molar-refractivity contribution in [3.63, 3.8) is 0 Å². The standard InChI is InChI=1S/C25H26/c1-16(2)24(17(3)4)22-14-13-21-20-12-8-7-11-19(20)15-23(21)25(22)18-9-5-6-10-18/h5-9,11-17H,10H2,1-4H3. The van der Waals surface area contributed by atoms with Crippen molar-refractivity contribution < 1.29 is 0 Å². The van der Waals surface area contributed by atoms with Crippen LogP contribution in [0.2, 0.25) is 0 Å². The average molecular weight is 326 g/mol. The van der Waals surface area contributed by atoms with E-state index in [1.165, 1.54) is 37.6 Å². The van der Waals surface area contributed by atoms with Gasteiger partial charge in [0.25, 0.3) is 0 Å². The van der Waals surface area contributed by atoms with Gasteiger partial charge in [0.2, 0.25) is 0 Å². The maximum Gasteiger partial charge on any atom is -0.00700 e. The van der Waals surface area contributed by atoms with E-state index in [0.29, 0.717) is 11.8 Å². The van der Waals surface area contributed by atoms with E-state index in [1.807, 2.05) is 0 Å². The number of benzene rings is 2. The molecule has 2 aliphatic carbocycles. The molecule has 4 rings (SSSR count). The zero-order valence-electron chi connectivity index (χ0n) is 15.6. The Morgan fingerprint density at radius 3 is 2.32 bits per heavy atom. The van der Waals surface area contributed by atoms with E-state index in [2.05, 4.69) is 88.4 Å². The maximum absolute atomic E-state index is 2.39. The van der Waals surface area contributed by atoms with Crippen LogP contribution >= 0.6 is 0 Å². The van der Waals surface area contributed by atoms with Crippen LogP contribution in [0.3, 0.4) is 0 Å². The van der Waals surface area contributed by atoms with Crippen LogP contribution in [-0.4, -0.2) is 0 Å². The van der Waals surface area contributed by atoms with Gasteiger partial charge in [0.05, 0.1) is 0 Å². The van der Waals surface area contributed by atoms with Crippen molar-refractivity contribution in [1.82, 2.24) is 0 Å². The predicted octanol–water partition coefficient (Wildman–Crippen LogP) is 4.92. The average Bonchev–Trinajstić information content (AvgIpc) is 3.21. The van der Waals surface area contributed by atoms with Gasteiger partial charge >= 0.3 is 0 Å². The molecule has 0 unspecified atom stereocenters. The second-order valence-electron chi connectivity index (χ2n) is 7.77. The number of fused-ring (bicyclic) bond motifs is 2. The molecule has 2 aromatic carbocycles. The van der Waals surface area contributed by atoms with Crippen LogP contribution in [-0.2, 0) is 0 Å². The van der Waals surface area contributed by atoms with Crippen LogP contribution < -0.4 is 10.4 Å². The predicted molar refractivity (Wildman–Crippen MR) is 108 cm³/mol. The Balaban J connectivity index is 2.19. The fourth-order valence-electron chi connectivity index (χ4n) is 4.54. The van der Waals surface area contributed by atoms with Crippen LogP contribution in [0.25, 0.3) is 17.2 Å². The molecule has 0 nitrogen and oxygen atoms in total. The van der Waals surface area contributed by atoms with Crippen molar-refractivity contribution in [2.24, 2.45) is 11.8 Å². The summed E-state index contributed by atoms with van der Waals surface area (Å²) >= 11 is 0. The second-order valence-corrected chi connectivity index (χ2v) is 7.77. The van der Waals surface area contributed by atoms with Crippen molar-refractivity contribution in [3.05, 3.63) is 86.6 Å². The Morgan fingerprint density at radius 1 is 0.880 bits per heavy atom. The summed E-state index contributed by atoms with van der Waals surface area (Å²) < 4.78 is 0. The Bertz CT molecular complexity index is 1100. The zero-order chi connectivity index (χ0) is 17.6. The third-order valence-electron chi connectivity index (χ3n) is 5.44. The van der Waals surface area contributed by atoms with E-state index in [0.717, 1.165) is 6.42 Å². The van der Waals surface area contributed by atoms with Crippen molar-refractivity contribution in [1.29, 1.82) is 0 Å². The fourth-order valence-corrected chi connectivity index (χ4v) is 4.54. The summed E-state index contributed by atoms with van der Waals surface area (Å²) in [5.41, 5.74) is 5.88. The molecule has 2 aliphatic rings. The summed E-state index contributed by atoms with van der Waals surface area (Å²) in [7, 11) is 0. The van der Waals surface area contributed by atoms with Crippen LogP contribution in [0.4, 0.5) is 0 Å². The molecule has 0 bridgehead atoms. The van der Waals surface area contributed by atoms with Crippen LogP contribution in [0, 0.1) is 22.3 Å². The molecule has 0 spiro atoms. The molecular weight excluding hydrogens is 300 g/mol. The molecule has 0 heteroatoms. The first-order chi connectivity index (χ1) is 12.1. The van der Waals surface area contributed by atoms with Gasteiger partial charge in [-0.15, -0.1) is 0 Å². The number of rotatable bonds is 3. The smallest absolute Gasteiger partial charge is 0.00700 e. The second kappa shape index (κ2) is 6.19. The molecule has 0 radical (unpaired) electrons. The number of hydrogen-bond acceptors (Lipinski definition) is 0. The largest absolute Gasteiger partial charge is 0.0801 e. The lowest BCUT2D eigenvalue weighted by molar-refractivity contribution is 0.714. The first-order valence-electron chi connectivity index (χ1n) is 9.42. The maximum atomic E-state index is 2.39. The van der Waals surface area contributed by atoms with E-state index in [1.54, 1.807) is 5.57 Å². The lowest BCUT2D eigenvalue weighted by atomic mass is 9.85. The van der Waals surface area contributed by atoms with Gasteiger partial charge in [-0.25, -0.2) is 0 Å². The lowest BCUT2D eigenvalue weighted by Crippen LogP contribution is -2.20. The molecule has 0 heterocycles. The zero-order valence-corrected chi connectivity index (χ0v) is 15.6. The van der Waals surface area contributed by atoms with Crippen LogP contribution in [0.5, 0.6) is 0 Å². The van der Waals surface area contributed by atoms with E-state index in [4.69, 9.17) is 0 Å². The monoisotopic (exact) mass is 326 g/mol. The number of allylic oxidation sites excluding steroid dienone is 4. The van der Waals surface area contributed by atoms with Gasteiger partial charge in [0.1, 0.15) is 0 Å². The van der Waals surface area contributed by atoms with Gasteiger partial charge in [-0.1, -0.05) is 87.9 Å². The first-order valence-corrected chi connectivity index (χ1v) is 9.42. The van der Waals surface area contributed by atoms with Crippen LogP contribution in [0.15, 0.2) is 54.6 Å². The molecule has 0 atom stereocenters. The van der Waals surface area contributed by atoms with E-state index < -0.39 is 0 Å². The molecule has 0 N–H and O–H groups in total. The van der Waals surface area contributed by atoms with Gasteiger partial charge in [0.15, 0.2) is 0 Å². The SMILES string of the molecule is CC(C)C(=c1ccc2c(c1C1=CC=CC1)C=c1ccccc1=2)C(C)C. The summed E-state index contributed by atoms with van der Waals surface area (Å²) in [5, 5.41) is 5.54. The van der Waals surface area contributed by atoms with Gasteiger partial charge in [-0.3, -0.25) is 0 Å². The molecule has 126 valence electrons. The minimum Gasteiger partial charge on any atom is -0.0801 e. The highest BCUT2D eigenvalue weighted by molar-refractivity contribution is 5.80. The Morgan fingerprint density at radius 2 is 1.64 bits per heavy atom. The molecule has 2 aromatic rings. The molecule has 0 amide bonds. The summed E-state index contributed by atoms with van der Waals surface area (Å²) in [6.07, 6.45) is 10.2. The van der Waals surface area contributed by atoms with Gasteiger partial charge < -0.3 is 0 Å². The van der Waals surface area contributed by atoms with Crippen LogP contribution in [0.1, 0.15) is 45.2 Å². The Hall–Kier alpha value is -2.34. The lowest BCUT2D eigenvalue weighted by Gasteiger charge is -2.19. The molecule has 0 saturated carbocycles. The summed E-state index contributed by atoms with van der Waals surface area (Å²) in [6, 6.07) is 13.5. The first kappa shape index (κ1) is 16.1. The minimum atomic E-state index is 0.551.